The number of benzene rings is 6. The largest absolute Gasteiger partial charge is 0.309 e. The zero-order valence-electron chi connectivity index (χ0n) is 22.7. The first-order chi connectivity index (χ1) is 21.2. The van der Waals surface area contributed by atoms with Crippen molar-refractivity contribution in [3.63, 3.8) is 0 Å². The van der Waals surface area contributed by atoms with Gasteiger partial charge in [-0.05, 0) is 72.8 Å². The summed E-state index contributed by atoms with van der Waals surface area (Å²) in [4.78, 5) is 0. The Morgan fingerprint density at radius 2 is 0.837 bits per heavy atom. The van der Waals surface area contributed by atoms with Gasteiger partial charge >= 0.3 is 0 Å². The molecule has 0 unspecified atom stereocenters. The van der Waals surface area contributed by atoms with E-state index in [2.05, 4.69) is 94.1 Å². The molecule has 9 aromatic rings. The molecule has 0 atom stereocenters. The number of nitriles is 2. The zero-order chi connectivity index (χ0) is 28.7. The highest BCUT2D eigenvalue weighted by Crippen LogP contribution is 2.47. The van der Waals surface area contributed by atoms with Crippen molar-refractivity contribution in [3.8, 4) is 23.5 Å². The van der Waals surface area contributed by atoms with Crippen LogP contribution < -0.4 is 0 Å². The van der Waals surface area contributed by atoms with Crippen molar-refractivity contribution in [1.82, 2.24) is 9.13 Å². The standard InChI is InChI=1S/C38H20N4S/c39-21-23-9-13-25(14-10-23)41-31-7-3-1-5-29(31)35-33(41)19-17-27-28-18-20-34-36(38(28)43-37(27)35)30-6-2-4-8-32(30)42(34)26-15-11-24(22-40)12-16-26/h1-20H. The Morgan fingerprint density at radius 3 is 1.26 bits per heavy atom. The summed E-state index contributed by atoms with van der Waals surface area (Å²) in [6.07, 6.45) is 0. The third kappa shape index (κ3) is 3.23. The van der Waals surface area contributed by atoms with Crippen LogP contribution in [-0.4, -0.2) is 9.13 Å². The summed E-state index contributed by atoms with van der Waals surface area (Å²) in [6.45, 7) is 0. The normalized spacial score (nSPS) is 11.7. The number of hydrogen-bond acceptors (Lipinski definition) is 3. The van der Waals surface area contributed by atoms with Gasteiger partial charge in [0.05, 0.1) is 45.3 Å². The highest BCUT2D eigenvalue weighted by atomic mass is 32.1. The molecule has 0 N–H and O–H groups in total. The average molecular weight is 565 g/mol. The highest BCUT2D eigenvalue weighted by molar-refractivity contribution is 7.27. The topological polar surface area (TPSA) is 57.4 Å². The Balaban J connectivity index is 1.40. The zero-order valence-corrected chi connectivity index (χ0v) is 23.6. The van der Waals surface area contributed by atoms with E-state index in [1.54, 1.807) is 0 Å². The molecule has 5 heteroatoms. The minimum atomic E-state index is 0.653. The molecule has 0 saturated heterocycles. The van der Waals surface area contributed by atoms with Crippen LogP contribution in [0.2, 0.25) is 0 Å². The van der Waals surface area contributed by atoms with E-state index in [4.69, 9.17) is 0 Å². The van der Waals surface area contributed by atoms with Crippen molar-refractivity contribution in [2.75, 3.05) is 0 Å². The first-order valence-electron chi connectivity index (χ1n) is 14.1. The van der Waals surface area contributed by atoms with Gasteiger partial charge in [0, 0.05) is 53.1 Å². The Bertz CT molecular complexity index is 2490. The van der Waals surface area contributed by atoms with Gasteiger partial charge < -0.3 is 9.13 Å². The van der Waals surface area contributed by atoms with Crippen molar-refractivity contribution < 1.29 is 0 Å². The monoisotopic (exact) mass is 564 g/mol. The number of rotatable bonds is 2. The second-order valence-corrected chi connectivity index (χ2v) is 11.8. The predicted octanol–water partition coefficient (Wildman–Crippen LogP) is 9.99. The van der Waals surface area contributed by atoms with Gasteiger partial charge in [0.15, 0.2) is 0 Å². The molecule has 3 heterocycles. The van der Waals surface area contributed by atoms with Gasteiger partial charge in [-0.3, -0.25) is 0 Å². The van der Waals surface area contributed by atoms with Crippen LogP contribution in [0.3, 0.4) is 0 Å². The maximum atomic E-state index is 9.35. The molecular weight excluding hydrogens is 545 g/mol. The summed E-state index contributed by atoms with van der Waals surface area (Å²) in [5.41, 5.74) is 7.99. The quantitative estimate of drug-likeness (QED) is 0.210. The average Bonchev–Trinajstić information content (AvgIpc) is 3.72. The number of hydrogen-bond donors (Lipinski definition) is 0. The highest BCUT2D eigenvalue weighted by Gasteiger charge is 2.21. The van der Waals surface area contributed by atoms with Crippen molar-refractivity contribution >= 4 is 75.1 Å². The molecule has 43 heavy (non-hydrogen) atoms. The van der Waals surface area contributed by atoms with E-state index in [-0.39, 0.29) is 0 Å². The maximum absolute atomic E-state index is 9.35. The third-order valence-corrected chi connectivity index (χ3v) is 9.84. The maximum Gasteiger partial charge on any atom is 0.0991 e. The van der Waals surface area contributed by atoms with Gasteiger partial charge in [-0.25, -0.2) is 0 Å². The van der Waals surface area contributed by atoms with Crippen molar-refractivity contribution in [1.29, 1.82) is 10.5 Å². The van der Waals surface area contributed by atoms with Crippen molar-refractivity contribution in [3.05, 3.63) is 132 Å². The van der Waals surface area contributed by atoms with E-state index in [0.717, 1.165) is 33.4 Å². The van der Waals surface area contributed by atoms with Gasteiger partial charge in [0.1, 0.15) is 0 Å². The fraction of sp³-hybridized carbons (Fsp3) is 0. The summed E-state index contributed by atoms with van der Waals surface area (Å²) in [5.74, 6) is 0. The Kier molecular flexibility index (Phi) is 4.87. The molecule has 0 aliphatic rings. The summed E-state index contributed by atoms with van der Waals surface area (Å²) < 4.78 is 7.17. The van der Waals surface area contributed by atoms with E-state index in [1.165, 1.54) is 41.7 Å². The number of aromatic nitrogens is 2. The smallest absolute Gasteiger partial charge is 0.0991 e. The summed E-state index contributed by atoms with van der Waals surface area (Å²) >= 11 is 1.87. The van der Waals surface area contributed by atoms with Crippen LogP contribution in [0.5, 0.6) is 0 Å². The molecule has 0 radical (unpaired) electrons. The molecular formula is C38H20N4S. The molecule has 0 fully saturated rings. The molecule has 0 aliphatic carbocycles. The summed E-state index contributed by atoms with van der Waals surface area (Å²) in [5, 5.41) is 26.2. The van der Waals surface area contributed by atoms with Gasteiger partial charge in [-0.2, -0.15) is 10.5 Å². The van der Waals surface area contributed by atoms with E-state index in [0.29, 0.717) is 11.1 Å². The lowest BCUT2D eigenvalue weighted by atomic mass is 10.1. The molecule has 4 nitrogen and oxygen atoms in total. The van der Waals surface area contributed by atoms with E-state index in [1.807, 2.05) is 59.9 Å². The third-order valence-electron chi connectivity index (χ3n) is 8.59. The molecule has 0 bridgehead atoms. The molecule has 0 saturated carbocycles. The summed E-state index contributed by atoms with van der Waals surface area (Å²) in [6, 6.07) is 46.3. The second kappa shape index (κ2) is 8.81. The lowest BCUT2D eigenvalue weighted by Gasteiger charge is -2.08. The molecule has 198 valence electrons. The number of fused-ring (bicyclic) bond motifs is 11. The van der Waals surface area contributed by atoms with Crippen molar-refractivity contribution in [2.24, 2.45) is 0 Å². The molecule has 0 aliphatic heterocycles. The second-order valence-electron chi connectivity index (χ2n) is 10.8. The lowest BCUT2D eigenvalue weighted by molar-refractivity contribution is 1.18. The van der Waals surface area contributed by atoms with Crippen LogP contribution in [0.15, 0.2) is 121 Å². The fourth-order valence-electron chi connectivity index (χ4n) is 6.72. The van der Waals surface area contributed by atoms with Crippen LogP contribution in [-0.2, 0) is 0 Å². The lowest BCUT2D eigenvalue weighted by Crippen LogP contribution is -1.93. The van der Waals surface area contributed by atoms with Crippen LogP contribution in [0.1, 0.15) is 11.1 Å². The molecule has 6 aromatic carbocycles. The van der Waals surface area contributed by atoms with Gasteiger partial charge in [0.25, 0.3) is 0 Å². The first kappa shape index (κ1) is 23.8. The number of thiophene rings is 1. The molecule has 0 spiro atoms. The number of para-hydroxylation sites is 2. The van der Waals surface area contributed by atoms with E-state index >= 15 is 0 Å². The van der Waals surface area contributed by atoms with Crippen molar-refractivity contribution in [2.45, 2.75) is 0 Å². The number of nitrogens with zero attached hydrogens (tertiary/aromatic N) is 4. The van der Waals surface area contributed by atoms with E-state index < -0.39 is 0 Å². The van der Waals surface area contributed by atoms with Gasteiger partial charge in [-0.15, -0.1) is 11.3 Å². The van der Waals surface area contributed by atoms with Crippen LogP contribution >= 0.6 is 11.3 Å². The summed E-state index contributed by atoms with van der Waals surface area (Å²) in [7, 11) is 0. The molecule has 9 rings (SSSR count). The van der Waals surface area contributed by atoms with E-state index in [9.17, 15) is 10.5 Å². The fourth-order valence-corrected chi connectivity index (χ4v) is 8.14. The molecule has 3 aromatic heterocycles. The molecule has 0 amide bonds. The van der Waals surface area contributed by atoms with Crippen LogP contribution in [0, 0.1) is 22.7 Å². The predicted molar refractivity (Wildman–Crippen MR) is 177 cm³/mol. The Labute approximate surface area is 250 Å². The minimum absolute atomic E-state index is 0.653. The minimum Gasteiger partial charge on any atom is -0.309 e. The van der Waals surface area contributed by atoms with Crippen LogP contribution in [0.25, 0.3) is 75.2 Å². The Hall–Kier alpha value is -5.88. The van der Waals surface area contributed by atoms with Gasteiger partial charge in [0.2, 0.25) is 0 Å². The first-order valence-corrected chi connectivity index (χ1v) is 14.9. The Morgan fingerprint density at radius 1 is 0.419 bits per heavy atom. The SMILES string of the molecule is N#Cc1ccc(-n2c3ccccc3c3c4sc5c(ccc6c5c5ccccc5n6-c5ccc(C#N)cc5)c4ccc32)cc1. The van der Waals surface area contributed by atoms with Crippen LogP contribution in [0.4, 0.5) is 0 Å². The van der Waals surface area contributed by atoms with Gasteiger partial charge in [-0.1, -0.05) is 48.5 Å².